The van der Waals surface area contributed by atoms with Gasteiger partial charge in [-0.3, -0.25) is 4.79 Å². The monoisotopic (exact) mass is 248 g/mol. The summed E-state index contributed by atoms with van der Waals surface area (Å²) >= 11 is 5.93. The predicted molar refractivity (Wildman–Crippen MR) is 70.5 cm³/mol. The van der Waals surface area contributed by atoms with Gasteiger partial charge >= 0.3 is 0 Å². The van der Waals surface area contributed by atoms with Crippen LogP contribution in [0.2, 0.25) is 5.02 Å². The van der Waals surface area contributed by atoms with E-state index >= 15 is 0 Å². The van der Waals surface area contributed by atoms with Crippen molar-refractivity contribution in [3.63, 3.8) is 0 Å². The van der Waals surface area contributed by atoms with E-state index in [2.05, 4.69) is 10.3 Å². The zero-order valence-electron chi connectivity index (χ0n) is 9.67. The lowest BCUT2D eigenvalue weighted by molar-refractivity contribution is 0.104. The van der Waals surface area contributed by atoms with E-state index in [9.17, 15) is 4.79 Å². The molecule has 0 aliphatic rings. The smallest absolute Gasteiger partial charge is 0.189 e. The normalized spacial score (nSPS) is 11.8. The Hall–Kier alpha value is -1.74. The van der Waals surface area contributed by atoms with Crippen LogP contribution in [-0.4, -0.2) is 17.8 Å². The van der Waals surface area contributed by atoms with Crippen LogP contribution in [0.3, 0.4) is 0 Å². The number of halogens is 1. The summed E-state index contributed by atoms with van der Waals surface area (Å²) in [5, 5.41) is 4.40. The summed E-state index contributed by atoms with van der Waals surface area (Å²) in [5.41, 5.74) is 2.37. The molecular weight excluding hydrogens is 236 g/mol. The second-order valence-electron chi connectivity index (χ2n) is 3.83. The molecule has 3 nitrogen and oxygen atoms in total. The number of carbonyl (C=O) groups is 1. The number of H-pyrrole nitrogens is 1. The van der Waals surface area contributed by atoms with Gasteiger partial charge in [0.05, 0.1) is 0 Å². The van der Waals surface area contributed by atoms with Gasteiger partial charge in [0.1, 0.15) is 0 Å². The van der Waals surface area contributed by atoms with Gasteiger partial charge in [0, 0.05) is 46.5 Å². The largest absolute Gasteiger partial charge is 0.392 e. The number of hydrogen-bond donors (Lipinski definition) is 2. The summed E-state index contributed by atoms with van der Waals surface area (Å²) in [7, 11) is 1.78. The van der Waals surface area contributed by atoms with Crippen molar-refractivity contribution in [3.05, 3.63) is 46.8 Å². The molecule has 0 atom stereocenters. The van der Waals surface area contributed by atoms with Crippen molar-refractivity contribution in [2.24, 2.45) is 0 Å². The minimum absolute atomic E-state index is 0.0367. The van der Waals surface area contributed by atoms with E-state index in [1.807, 2.05) is 13.0 Å². The lowest BCUT2D eigenvalue weighted by Crippen LogP contribution is -2.05. The van der Waals surface area contributed by atoms with Gasteiger partial charge < -0.3 is 10.3 Å². The maximum absolute atomic E-state index is 12.0. The SMILES string of the molecule is CN/C(C)=C\C(=O)c1c[nH]c2ccc(Cl)cc12. The molecule has 0 spiro atoms. The first-order valence-corrected chi connectivity index (χ1v) is 5.66. The summed E-state index contributed by atoms with van der Waals surface area (Å²) < 4.78 is 0. The Morgan fingerprint density at radius 3 is 2.94 bits per heavy atom. The van der Waals surface area contributed by atoms with Crippen LogP contribution in [0, 0.1) is 0 Å². The Morgan fingerprint density at radius 2 is 2.24 bits per heavy atom. The highest BCUT2D eigenvalue weighted by Crippen LogP contribution is 2.23. The third-order valence-corrected chi connectivity index (χ3v) is 2.89. The highest BCUT2D eigenvalue weighted by atomic mass is 35.5. The molecule has 4 heteroatoms. The lowest BCUT2D eigenvalue weighted by Gasteiger charge is -1.98. The van der Waals surface area contributed by atoms with Crippen LogP contribution in [0.5, 0.6) is 0 Å². The molecule has 0 aliphatic heterocycles. The van der Waals surface area contributed by atoms with Gasteiger partial charge in [0.2, 0.25) is 0 Å². The predicted octanol–water partition coefficient (Wildman–Crippen LogP) is 3.13. The van der Waals surface area contributed by atoms with Crippen molar-refractivity contribution in [1.29, 1.82) is 0 Å². The fourth-order valence-electron chi connectivity index (χ4n) is 1.64. The highest BCUT2D eigenvalue weighted by molar-refractivity contribution is 6.31. The van der Waals surface area contributed by atoms with Crippen molar-refractivity contribution in [1.82, 2.24) is 10.3 Å². The zero-order valence-corrected chi connectivity index (χ0v) is 10.4. The first kappa shape index (κ1) is 11.7. The summed E-state index contributed by atoms with van der Waals surface area (Å²) in [6, 6.07) is 5.45. The average Bonchev–Trinajstić information content (AvgIpc) is 2.71. The fraction of sp³-hybridized carbons (Fsp3) is 0.154. The van der Waals surface area contributed by atoms with E-state index in [1.54, 1.807) is 31.5 Å². The van der Waals surface area contributed by atoms with E-state index in [1.165, 1.54) is 0 Å². The quantitative estimate of drug-likeness (QED) is 0.648. The Morgan fingerprint density at radius 1 is 1.47 bits per heavy atom. The summed E-state index contributed by atoms with van der Waals surface area (Å²) in [4.78, 5) is 15.1. The van der Waals surface area contributed by atoms with Crippen molar-refractivity contribution in [2.45, 2.75) is 6.92 Å². The van der Waals surface area contributed by atoms with E-state index in [0.717, 1.165) is 16.6 Å². The number of carbonyl (C=O) groups excluding carboxylic acids is 1. The van der Waals surface area contributed by atoms with Gasteiger partial charge in [0.15, 0.2) is 5.78 Å². The lowest BCUT2D eigenvalue weighted by atomic mass is 10.1. The van der Waals surface area contributed by atoms with Crippen LogP contribution in [-0.2, 0) is 0 Å². The van der Waals surface area contributed by atoms with Gasteiger partial charge in [-0.05, 0) is 25.1 Å². The molecule has 2 aromatic rings. The minimum Gasteiger partial charge on any atom is -0.392 e. The van der Waals surface area contributed by atoms with E-state index in [0.29, 0.717) is 10.6 Å². The Balaban J connectivity index is 2.49. The molecule has 0 amide bonds. The molecule has 88 valence electrons. The zero-order chi connectivity index (χ0) is 12.4. The Labute approximate surface area is 104 Å². The van der Waals surface area contributed by atoms with E-state index in [4.69, 9.17) is 11.6 Å². The maximum atomic E-state index is 12.0. The average molecular weight is 249 g/mol. The molecule has 0 fully saturated rings. The van der Waals surface area contributed by atoms with Crippen LogP contribution in [0.1, 0.15) is 17.3 Å². The minimum atomic E-state index is -0.0367. The molecule has 0 saturated heterocycles. The second kappa shape index (κ2) is 4.63. The number of aromatic amines is 1. The highest BCUT2D eigenvalue weighted by Gasteiger charge is 2.10. The molecule has 2 rings (SSSR count). The molecule has 1 aromatic heterocycles. The number of rotatable bonds is 3. The number of ketones is 1. The molecule has 0 bridgehead atoms. The summed E-state index contributed by atoms with van der Waals surface area (Å²) in [5.74, 6) is -0.0367. The molecule has 0 unspecified atom stereocenters. The number of allylic oxidation sites excluding steroid dienone is 2. The van der Waals surface area contributed by atoms with Crippen molar-refractivity contribution < 1.29 is 4.79 Å². The van der Waals surface area contributed by atoms with Crippen LogP contribution in [0.15, 0.2) is 36.2 Å². The Kier molecular flexibility index (Phi) is 3.20. The summed E-state index contributed by atoms with van der Waals surface area (Å²) in [6.07, 6.45) is 3.28. The molecule has 2 N–H and O–H groups in total. The summed E-state index contributed by atoms with van der Waals surface area (Å²) in [6.45, 7) is 1.85. The molecule has 1 heterocycles. The number of benzene rings is 1. The number of nitrogens with one attached hydrogen (secondary N) is 2. The number of aromatic nitrogens is 1. The molecule has 0 aliphatic carbocycles. The molecule has 17 heavy (non-hydrogen) atoms. The van der Waals surface area contributed by atoms with Crippen molar-refractivity contribution in [2.75, 3.05) is 7.05 Å². The molecule has 1 aromatic carbocycles. The molecular formula is C13H13ClN2O. The van der Waals surface area contributed by atoms with Crippen LogP contribution in [0.4, 0.5) is 0 Å². The standard InChI is InChI=1S/C13H13ClN2O/c1-8(15-2)5-13(17)11-7-16-12-4-3-9(14)6-10(11)12/h3-7,15-16H,1-2H3/b8-5-. The molecule has 0 saturated carbocycles. The second-order valence-corrected chi connectivity index (χ2v) is 4.27. The topological polar surface area (TPSA) is 44.9 Å². The third-order valence-electron chi connectivity index (χ3n) is 2.65. The van der Waals surface area contributed by atoms with Crippen LogP contribution < -0.4 is 5.32 Å². The Bertz CT molecular complexity index is 598. The van der Waals surface area contributed by atoms with Crippen LogP contribution >= 0.6 is 11.6 Å². The van der Waals surface area contributed by atoms with E-state index < -0.39 is 0 Å². The van der Waals surface area contributed by atoms with Gasteiger partial charge in [-0.1, -0.05) is 11.6 Å². The number of hydrogen-bond acceptors (Lipinski definition) is 2. The van der Waals surface area contributed by atoms with Crippen LogP contribution in [0.25, 0.3) is 10.9 Å². The molecule has 0 radical (unpaired) electrons. The third kappa shape index (κ3) is 2.34. The fourth-order valence-corrected chi connectivity index (χ4v) is 1.82. The van der Waals surface area contributed by atoms with Gasteiger partial charge in [-0.15, -0.1) is 0 Å². The van der Waals surface area contributed by atoms with Crippen molar-refractivity contribution >= 4 is 28.3 Å². The van der Waals surface area contributed by atoms with Gasteiger partial charge in [-0.25, -0.2) is 0 Å². The van der Waals surface area contributed by atoms with Crippen molar-refractivity contribution in [3.8, 4) is 0 Å². The van der Waals surface area contributed by atoms with Gasteiger partial charge in [0.25, 0.3) is 0 Å². The van der Waals surface area contributed by atoms with Gasteiger partial charge in [-0.2, -0.15) is 0 Å². The first-order chi connectivity index (χ1) is 8.11. The number of fused-ring (bicyclic) bond motifs is 1. The maximum Gasteiger partial charge on any atom is 0.189 e. The van der Waals surface area contributed by atoms with E-state index in [-0.39, 0.29) is 5.78 Å². The first-order valence-electron chi connectivity index (χ1n) is 5.29.